The molecule has 31 heavy (non-hydrogen) atoms. The zero-order valence-electron chi connectivity index (χ0n) is 17.1. The quantitative estimate of drug-likeness (QED) is 0.585. The average molecular weight is 445 g/mol. The molecule has 2 N–H and O–H groups in total. The number of amides is 1. The van der Waals surface area contributed by atoms with E-state index in [1.54, 1.807) is 0 Å². The summed E-state index contributed by atoms with van der Waals surface area (Å²) in [6.45, 7) is 1.16. The average Bonchev–Trinajstić information content (AvgIpc) is 3.20. The van der Waals surface area contributed by atoms with Crippen LogP contribution in [0.1, 0.15) is 31.5 Å². The minimum atomic E-state index is -3.61. The van der Waals surface area contributed by atoms with Crippen molar-refractivity contribution in [2.75, 3.05) is 13.1 Å². The second-order valence-corrected chi connectivity index (χ2v) is 9.76. The Morgan fingerprint density at radius 2 is 1.84 bits per heavy atom. The molecule has 0 bridgehead atoms. The second kappa shape index (κ2) is 9.15. The predicted molar refractivity (Wildman–Crippen MR) is 115 cm³/mol. The van der Waals surface area contributed by atoms with Crippen molar-refractivity contribution in [1.82, 2.24) is 19.6 Å². The number of rotatable bonds is 7. The number of nitrogens with one attached hydrogen (secondary N) is 2. The maximum atomic E-state index is 13.1. The highest BCUT2D eigenvalue weighted by atomic mass is 32.2. The zero-order chi connectivity index (χ0) is 21.8. The summed E-state index contributed by atoms with van der Waals surface area (Å²) in [6.07, 6.45) is 2.53. The molecule has 164 valence electrons. The van der Waals surface area contributed by atoms with E-state index in [9.17, 15) is 17.6 Å². The van der Waals surface area contributed by atoms with E-state index in [1.807, 2.05) is 24.3 Å². The molecular formula is C22H25FN4O3S. The molecule has 3 aromatic rings. The highest BCUT2D eigenvalue weighted by Crippen LogP contribution is 2.26. The van der Waals surface area contributed by atoms with Crippen molar-refractivity contribution in [1.29, 1.82) is 0 Å². The van der Waals surface area contributed by atoms with Gasteiger partial charge in [0.25, 0.3) is 0 Å². The van der Waals surface area contributed by atoms with E-state index in [-0.39, 0.29) is 10.8 Å². The molecule has 0 saturated carbocycles. The van der Waals surface area contributed by atoms with Crippen LogP contribution in [0.15, 0.2) is 53.4 Å². The number of hydrogen-bond donors (Lipinski definition) is 2. The summed E-state index contributed by atoms with van der Waals surface area (Å²) in [4.78, 5) is 20.0. The summed E-state index contributed by atoms with van der Waals surface area (Å²) >= 11 is 0. The molecule has 1 fully saturated rings. The van der Waals surface area contributed by atoms with Crippen molar-refractivity contribution < 1.29 is 17.6 Å². The van der Waals surface area contributed by atoms with Crippen LogP contribution in [0, 0.1) is 11.7 Å². The van der Waals surface area contributed by atoms with Gasteiger partial charge in [0.05, 0.1) is 22.5 Å². The number of para-hydroxylation sites is 2. The van der Waals surface area contributed by atoms with Crippen LogP contribution in [-0.4, -0.2) is 41.7 Å². The predicted octanol–water partition coefficient (Wildman–Crippen LogP) is 3.20. The Labute approximate surface area is 180 Å². The number of nitrogens with zero attached hydrogens (tertiary/aromatic N) is 2. The number of hydrogen-bond acceptors (Lipinski definition) is 4. The van der Waals surface area contributed by atoms with Crippen LogP contribution < -0.4 is 5.32 Å². The molecule has 2 aromatic carbocycles. The van der Waals surface area contributed by atoms with Crippen LogP contribution in [0.3, 0.4) is 0 Å². The van der Waals surface area contributed by atoms with Gasteiger partial charge in [-0.15, -0.1) is 0 Å². The lowest BCUT2D eigenvalue weighted by Crippen LogP contribution is -2.38. The Morgan fingerprint density at radius 3 is 2.55 bits per heavy atom. The Balaban J connectivity index is 1.21. The lowest BCUT2D eigenvalue weighted by atomic mass is 9.93. The fourth-order valence-electron chi connectivity index (χ4n) is 3.89. The summed E-state index contributed by atoms with van der Waals surface area (Å²) < 4.78 is 39.9. The topological polar surface area (TPSA) is 95.2 Å². The first kappa shape index (κ1) is 21.5. The first-order valence-corrected chi connectivity index (χ1v) is 11.8. The van der Waals surface area contributed by atoms with Crippen molar-refractivity contribution in [2.24, 2.45) is 5.92 Å². The number of fused-ring (bicyclic) bond motifs is 1. The lowest BCUT2D eigenvalue weighted by molar-refractivity contribution is -0.121. The standard InChI is InChI=1S/C22H25FN4O3S/c23-17-6-8-18(9-7-17)31(29,30)27-13-11-16(12-14-27)5-10-22(28)24-15-21-25-19-3-1-2-4-20(19)26-21/h1-4,6-9,16H,5,10-15H2,(H,24,28)(H,25,26). The van der Waals surface area contributed by atoms with Gasteiger partial charge in [-0.05, 0) is 61.6 Å². The second-order valence-electron chi connectivity index (χ2n) is 7.82. The molecule has 1 amide bonds. The maximum absolute atomic E-state index is 13.1. The van der Waals surface area contributed by atoms with E-state index in [2.05, 4.69) is 15.3 Å². The van der Waals surface area contributed by atoms with Crippen LogP contribution in [0.25, 0.3) is 11.0 Å². The van der Waals surface area contributed by atoms with Gasteiger partial charge in [0.1, 0.15) is 11.6 Å². The van der Waals surface area contributed by atoms with Crippen LogP contribution in [-0.2, 0) is 21.4 Å². The molecule has 1 saturated heterocycles. The van der Waals surface area contributed by atoms with Gasteiger partial charge in [-0.25, -0.2) is 17.8 Å². The Bertz CT molecular complexity index is 1120. The van der Waals surface area contributed by atoms with Crippen molar-refractivity contribution in [3.8, 4) is 0 Å². The molecule has 1 aliphatic rings. The van der Waals surface area contributed by atoms with E-state index in [1.165, 1.54) is 16.4 Å². The number of piperidine rings is 1. The number of carbonyl (C=O) groups excluding carboxylic acids is 1. The molecule has 0 radical (unpaired) electrons. The first-order chi connectivity index (χ1) is 14.9. The normalized spacial score (nSPS) is 15.9. The summed E-state index contributed by atoms with van der Waals surface area (Å²) in [6, 6.07) is 12.6. The molecule has 0 aliphatic carbocycles. The number of aromatic nitrogens is 2. The number of halogens is 1. The highest BCUT2D eigenvalue weighted by Gasteiger charge is 2.29. The van der Waals surface area contributed by atoms with Gasteiger partial charge in [-0.2, -0.15) is 4.31 Å². The van der Waals surface area contributed by atoms with E-state index >= 15 is 0 Å². The summed E-state index contributed by atoms with van der Waals surface area (Å²) in [5.74, 6) is 0.517. The fraction of sp³-hybridized carbons (Fsp3) is 0.364. The number of aromatic amines is 1. The molecule has 1 aliphatic heterocycles. The lowest BCUT2D eigenvalue weighted by Gasteiger charge is -2.31. The highest BCUT2D eigenvalue weighted by molar-refractivity contribution is 7.89. The molecular weight excluding hydrogens is 419 g/mol. The van der Waals surface area contributed by atoms with Gasteiger partial charge >= 0.3 is 0 Å². The van der Waals surface area contributed by atoms with Gasteiger partial charge in [-0.1, -0.05) is 12.1 Å². The van der Waals surface area contributed by atoms with Crippen molar-refractivity contribution in [2.45, 2.75) is 37.1 Å². The summed E-state index contributed by atoms with van der Waals surface area (Å²) in [5, 5.41) is 2.89. The molecule has 4 rings (SSSR count). The van der Waals surface area contributed by atoms with Crippen molar-refractivity contribution >= 4 is 27.0 Å². The Morgan fingerprint density at radius 1 is 1.13 bits per heavy atom. The van der Waals surface area contributed by atoms with Crippen LogP contribution in [0.4, 0.5) is 4.39 Å². The molecule has 2 heterocycles. The minimum Gasteiger partial charge on any atom is -0.349 e. The van der Waals surface area contributed by atoms with E-state index in [0.717, 1.165) is 29.6 Å². The smallest absolute Gasteiger partial charge is 0.243 e. The number of H-pyrrole nitrogens is 1. The first-order valence-electron chi connectivity index (χ1n) is 10.4. The van der Waals surface area contributed by atoms with E-state index < -0.39 is 15.8 Å². The van der Waals surface area contributed by atoms with Crippen LogP contribution in [0.5, 0.6) is 0 Å². The SMILES string of the molecule is O=C(CCC1CCN(S(=O)(=O)c2ccc(F)cc2)CC1)NCc1nc2ccccc2[nH]1. The largest absolute Gasteiger partial charge is 0.349 e. The van der Waals surface area contributed by atoms with Gasteiger partial charge < -0.3 is 10.3 Å². The fourth-order valence-corrected chi connectivity index (χ4v) is 5.36. The third kappa shape index (κ3) is 5.11. The van der Waals surface area contributed by atoms with Crippen molar-refractivity contribution in [3.63, 3.8) is 0 Å². The molecule has 1 aromatic heterocycles. The number of sulfonamides is 1. The van der Waals surface area contributed by atoms with E-state index in [0.29, 0.717) is 50.6 Å². The number of benzene rings is 2. The number of carbonyl (C=O) groups is 1. The molecule has 7 nitrogen and oxygen atoms in total. The Hall–Kier alpha value is -2.78. The third-order valence-corrected chi connectivity index (χ3v) is 7.61. The summed E-state index contributed by atoms with van der Waals surface area (Å²) in [5.41, 5.74) is 1.81. The van der Waals surface area contributed by atoms with E-state index in [4.69, 9.17) is 0 Å². The maximum Gasteiger partial charge on any atom is 0.243 e. The van der Waals surface area contributed by atoms with Gasteiger partial charge in [0.15, 0.2) is 0 Å². The monoisotopic (exact) mass is 444 g/mol. The molecule has 0 atom stereocenters. The number of imidazole rings is 1. The Kier molecular flexibility index (Phi) is 6.33. The minimum absolute atomic E-state index is 0.0400. The molecule has 0 unspecified atom stereocenters. The van der Waals surface area contributed by atoms with Crippen molar-refractivity contribution in [3.05, 3.63) is 60.2 Å². The summed E-state index contributed by atoms with van der Waals surface area (Å²) in [7, 11) is -3.61. The third-order valence-electron chi connectivity index (χ3n) is 5.70. The van der Waals surface area contributed by atoms with Gasteiger partial charge in [-0.3, -0.25) is 4.79 Å². The van der Waals surface area contributed by atoms with Crippen LogP contribution >= 0.6 is 0 Å². The van der Waals surface area contributed by atoms with Gasteiger partial charge in [0, 0.05) is 19.5 Å². The molecule has 9 heteroatoms. The van der Waals surface area contributed by atoms with Crippen LogP contribution in [0.2, 0.25) is 0 Å². The molecule has 0 spiro atoms. The van der Waals surface area contributed by atoms with Gasteiger partial charge in [0.2, 0.25) is 15.9 Å². The zero-order valence-corrected chi connectivity index (χ0v) is 17.9.